The number of nitrogens with zero attached hydrogens (tertiary/aromatic N) is 2. The van der Waals surface area contributed by atoms with E-state index in [-0.39, 0.29) is 17.2 Å². The van der Waals surface area contributed by atoms with E-state index in [1.165, 1.54) is 22.9 Å². The highest BCUT2D eigenvalue weighted by atomic mass is 32.2. The predicted molar refractivity (Wildman–Crippen MR) is 99.7 cm³/mol. The number of hydrogen-bond donors (Lipinski definition) is 2. The number of aromatic amines is 1. The Bertz CT molecular complexity index is 891. The monoisotopic (exact) mass is 368 g/mol. The smallest absolute Gasteiger partial charge is 0.277 e. The van der Waals surface area contributed by atoms with E-state index in [4.69, 9.17) is 4.42 Å². The molecule has 0 saturated carbocycles. The number of aromatic nitrogens is 3. The quantitative estimate of drug-likeness (QED) is 0.670. The van der Waals surface area contributed by atoms with Gasteiger partial charge in [-0.15, -0.1) is 10.2 Å². The van der Waals surface area contributed by atoms with E-state index in [1.54, 1.807) is 6.20 Å². The first-order valence-corrected chi connectivity index (χ1v) is 9.61. The molecule has 0 bridgehead atoms. The highest BCUT2D eigenvalue weighted by Gasteiger charge is 2.25. The normalized spacial score (nSPS) is 17.5. The van der Waals surface area contributed by atoms with E-state index in [0.717, 1.165) is 25.0 Å². The summed E-state index contributed by atoms with van der Waals surface area (Å²) in [4.78, 5) is 15.7. The average molecular weight is 368 g/mol. The maximum Gasteiger partial charge on any atom is 0.277 e. The number of aryl methyl sites for hydroxylation is 1. The van der Waals surface area contributed by atoms with Crippen LogP contribution in [0, 0.1) is 0 Å². The van der Waals surface area contributed by atoms with Crippen LogP contribution in [-0.2, 0) is 11.2 Å². The summed E-state index contributed by atoms with van der Waals surface area (Å²) in [5.41, 5.74) is 3.33. The number of carbonyl (C=O) groups is 1. The fourth-order valence-electron chi connectivity index (χ4n) is 3.23. The number of hydrogen-bond acceptors (Lipinski definition) is 5. The first-order valence-electron chi connectivity index (χ1n) is 8.73. The summed E-state index contributed by atoms with van der Waals surface area (Å²) in [6, 6.07) is 12.1. The number of nitrogens with one attached hydrogen (secondary N) is 2. The maximum atomic E-state index is 12.6. The third kappa shape index (κ3) is 3.53. The van der Waals surface area contributed by atoms with Gasteiger partial charge in [0.05, 0.1) is 11.3 Å². The summed E-state index contributed by atoms with van der Waals surface area (Å²) in [7, 11) is 0. The van der Waals surface area contributed by atoms with Gasteiger partial charge in [-0.05, 0) is 49.4 Å². The molecule has 1 aliphatic rings. The Morgan fingerprint density at radius 1 is 1.31 bits per heavy atom. The van der Waals surface area contributed by atoms with Gasteiger partial charge in [-0.3, -0.25) is 4.79 Å². The third-order valence-corrected chi connectivity index (χ3v) is 5.50. The fourth-order valence-corrected chi connectivity index (χ4v) is 3.92. The van der Waals surface area contributed by atoms with E-state index >= 15 is 0 Å². The molecule has 1 aliphatic carbocycles. The summed E-state index contributed by atoms with van der Waals surface area (Å²) in [6.07, 6.45) is 4.94. The lowest BCUT2D eigenvalue weighted by Crippen LogP contribution is -2.35. The largest absolute Gasteiger partial charge is 0.410 e. The van der Waals surface area contributed by atoms with Gasteiger partial charge < -0.3 is 14.7 Å². The predicted octanol–water partition coefficient (Wildman–Crippen LogP) is 3.74. The number of fused-ring (bicyclic) bond motifs is 1. The van der Waals surface area contributed by atoms with Crippen LogP contribution in [0.4, 0.5) is 0 Å². The van der Waals surface area contributed by atoms with Crippen molar-refractivity contribution < 1.29 is 9.21 Å². The molecule has 4 rings (SSSR count). The van der Waals surface area contributed by atoms with Crippen molar-refractivity contribution in [3.05, 3.63) is 53.7 Å². The summed E-state index contributed by atoms with van der Waals surface area (Å²) >= 11 is 1.27. The van der Waals surface area contributed by atoms with Gasteiger partial charge in [0, 0.05) is 6.20 Å². The van der Waals surface area contributed by atoms with E-state index in [2.05, 4.69) is 38.7 Å². The van der Waals surface area contributed by atoms with Crippen LogP contribution in [0.3, 0.4) is 0 Å². The minimum atomic E-state index is -0.318. The average Bonchev–Trinajstić information content (AvgIpc) is 3.33. The lowest BCUT2D eigenvalue weighted by Gasteiger charge is -2.27. The Labute approximate surface area is 155 Å². The van der Waals surface area contributed by atoms with E-state index in [1.807, 2.05) is 25.1 Å². The van der Waals surface area contributed by atoms with Crippen LogP contribution in [0.15, 0.2) is 52.2 Å². The minimum absolute atomic E-state index is 0.0173. The molecule has 6 nitrogen and oxygen atoms in total. The van der Waals surface area contributed by atoms with Gasteiger partial charge in [-0.2, -0.15) is 0 Å². The van der Waals surface area contributed by atoms with Gasteiger partial charge >= 0.3 is 0 Å². The molecule has 0 saturated heterocycles. The molecule has 2 heterocycles. The molecule has 134 valence electrons. The van der Waals surface area contributed by atoms with Crippen LogP contribution < -0.4 is 5.32 Å². The van der Waals surface area contributed by atoms with E-state index < -0.39 is 0 Å². The Kier molecular flexibility index (Phi) is 4.79. The van der Waals surface area contributed by atoms with Gasteiger partial charge in [-0.1, -0.05) is 36.0 Å². The van der Waals surface area contributed by atoms with Crippen LogP contribution in [0.1, 0.15) is 36.9 Å². The molecular weight excluding hydrogens is 348 g/mol. The van der Waals surface area contributed by atoms with Crippen molar-refractivity contribution in [3.63, 3.8) is 0 Å². The molecule has 1 aromatic carbocycles. The first kappa shape index (κ1) is 16.9. The zero-order chi connectivity index (χ0) is 17.9. The van der Waals surface area contributed by atoms with Crippen LogP contribution >= 0.6 is 11.8 Å². The van der Waals surface area contributed by atoms with Gasteiger partial charge in [0.25, 0.3) is 11.1 Å². The summed E-state index contributed by atoms with van der Waals surface area (Å²) in [6.45, 7) is 1.85. The van der Waals surface area contributed by atoms with Gasteiger partial charge in [0.15, 0.2) is 0 Å². The highest BCUT2D eigenvalue weighted by Crippen LogP contribution is 2.31. The van der Waals surface area contributed by atoms with Gasteiger partial charge in [-0.25, -0.2) is 0 Å². The fraction of sp³-hybridized carbons (Fsp3) is 0.316. The number of carbonyl (C=O) groups excluding carboxylic acids is 1. The molecule has 0 fully saturated rings. The summed E-state index contributed by atoms with van der Waals surface area (Å²) in [5.74, 6) is 0.405. The van der Waals surface area contributed by atoms with Crippen molar-refractivity contribution in [3.8, 4) is 11.6 Å². The van der Waals surface area contributed by atoms with Crippen LogP contribution in [-0.4, -0.2) is 26.3 Å². The molecule has 0 radical (unpaired) electrons. The second-order valence-corrected chi connectivity index (χ2v) is 7.66. The number of rotatable bonds is 5. The molecule has 2 aromatic heterocycles. The topological polar surface area (TPSA) is 83.8 Å². The second kappa shape index (κ2) is 7.37. The van der Waals surface area contributed by atoms with Gasteiger partial charge in [0.1, 0.15) is 5.69 Å². The van der Waals surface area contributed by atoms with Crippen molar-refractivity contribution in [1.82, 2.24) is 20.5 Å². The molecular formula is C19H20N4O2S. The summed E-state index contributed by atoms with van der Waals surface area (Å²) in [5, 5.41) is 11.3. The van der Waals surface area contributed by atoms with Crippen molar-refractivity contribution in [2.45, 2.75) is 42.7 Å². The van der Waals surface area contributed by atoms with Crippen LogP contribution in [0.5, 0.6) is 0 Å². The zero-order valence-corrected chi connectivity index (χ0v) is 15.3. The Morgan fingerprint density at radius 2 is 2.19 bits per heavy atom. The molecule has 7 heteroatoms. The lowest BCUT2D eigenvalue weighted by molar-refractivity contribution is -0.121. The lowest BCUT2D eigenvalue weighted by atomic mass is 9.88. The van der Waals surface area contributed by atoms with Crippen LogP contribution in [0.25, 0.3) is 11.6 Å². The first-order chi connectivity index (χ1) is 12.7. The van der Waals surface area contributed by atoms with Gasteiger partial charge in [0.2, 0.25) is 5.91 Å². The molecule has 0 unspecified atom stereocenters. The molecule has 3 aromatic rings. The highest BCUT2D eigenvalue weighted by molar-refractivity contribution is 8.00. The molecule has 0 spiro atoms. The molecule has 1 amide bonds. The molecule has 0 aliphatic heterocycles. The maximum absolute atomic E-state index is 12.6. The minimum Gasteiger partial charge on any atom is -0.410 e. The van der Waals surface area contributed by atoms with E-state index in [0.29, 0.717) is 11.1 Å². The number of benzene rings is 1. The van der Waals surface area contributed by atoms with Crippen molar-refractivity contribution in [2.75, 3.05) is 0 Å². The Balaban J connectivity index is 1.40. The molecule has 2 N–H and O–H groups in total. The van der Waals surface area contributed by atoms with Crippen molar-refractivity contribution in [2.24, 2.45) is 0 Å². The summed E-state index contributed by atoms with van der Waals surface area (Å²) < 4.78 is 5.62. The standard InChI is InChI=1S/C19H20N4O2S/c1-12(26-19-23-22-18(25-19)16-10-5-11-20-16)17(24)21-15-9-4-7-13-6-2-3-8-14(13)15/h2-3,5-6,8,10-12,15,20H,4,7,9H2,1H3,(H,21,24)/t12-,15+/m1/s1. The van der Waals surface area contributed by atoms with Crippen LogP contribution in [0.2, 0.25) is 0 Å². The molecule has 26 heavy (non-hydrogen) atoms. The zero-order valence-electron chi connectivity index (χ0n) is 14.4. The Morgan fingerprint density at radius 3 is 3.04 bits per heavy atom. The number of thioether (sulfide) groups is 1. The SMILES string of the molecule is C[C@@H](Sc1nnc(-c2ccc[nH]2)o1)C(=O)N[C@H]1CCCc2ccccc21. The van der Waals surface area contributed by atoms with Crippen molar-refractivity contribution >= 4 is 17.7 Å². The molecule has 2 atom stereocenters. The number of H-pyrrole nitrogens is 1. The Hall–Kier alpha value is -2.54. The van der Waals surface area contributed by atoms with E-state index in [9.17, 15) is 4.79 Å². The van der Waals surface area contributed by atoms with Crippen molar-refractivity contribution in [1.29, 1.82) is 0 Å². The second-order valence-electron chi connectivity index (χ2n) is 6.37. The number of amides is 1. The third-order valence-electron chi connectivity index (χ3n) is 4.57.